The largest absolute Gasteiger partial charge is 0.514 e. The number of nitrogens with zero attached hydrogens (tertiary/aromatic N) is 1. The third-order valence-electron chi connectivity index (χ3n) is 3.16. The molecule has 0 aromatic carbocycles. The smallest absolute Gasteiger partial charge is 0.410 e. The molecule has 1 atom stereocenters. The molecule has 23 heavy (non-hydrogen) atoms. The summed E-state index contributed by atoms with van der Waals surface area (Å²) in [6.07, 6.45) is 4.57. The van der Waals surface area contributed by atoms with Gasteiger partial charge in [-0.3, -0.25) is 0 Å². The molecule has 0 bridgehead atoms. The van der Waals surface area contributed by atoms with Crippen LogP contribution in [-0.4, -0.2) is 44.6 Å². The second kappa shape index (κ2) is 7.93. The van der Waals surface area contributed by atoms with Crippen LogP contribution in [-0.2, 0) is 13.9 Å². The molecule has 0 spiro atoms. The van der Waals surface area contributed by atoms with E-state index in [-0.39, 0.29) is 12.1 Å². The predicted octanol–water partition coefficient (Wildman–Crippen LogP) is 4.27. The summed E-state index contributed by atoms with van der Waals surface area (Å²) in [4.78, 5) is 14.1. The van der Waals surface area contributed by atoms with E-state index in [2.05, 4.69) is 25.4 Å². The van der Waals surface area contributed by atoms with E-state index < -0.39 is 13.9 Å². The Labute approximate surface area is 141 Å². The Morgan fingerprint density at radius 2 is 1.91 bits per heavy atom. The van der Waals surface area contributed by atoms with Crippen molar-refractivity contribution in [1.29, 1.82) is 0 Å². The van der Waals surface area contributed by atoms with Crippen LogP contribution in [0.4, 0.5) is 4.79 Å². The van der Waals surface area contributed by atoms with Crippen LogP contribution in [0.2, 0.25) is 19.6 Å². The number of hydrogen-bond donors (Lipinski definition) is 0. The summed E-state index contributed by atoms with van der Waals surface area (Å²) >= 11 is 0. The van der Waals surface area contributed by atoms with Crippen LogP contribution < -0.4 is 0 Å². The molecule has 1 aliphatic heterocycles. The molecule has 0 radical (unpaired) electrons. The maximum atomic E-state index is 12.4. The summed E-state index contributed by atoms with van der Waals surface area (Å²) in [5.74, 6) is 0.388. The summed E-state index contributed by atoms with van der Waals surface area (Å²) in [6, 6.07) is -0.0333. The van der Waals surface area contributed by atoms with Gasteiger partial charge >= 0.3 is 12.0 Å². The lowest BCUT2D eigenvalue weighted by Crippen LogP contribution is -2.45. The number of hydrogen-bond acceptors (Lipinski definition) is 4. The fourth-order valence-corrected chi connectivity index (χ4v) is 2.95. The molecule has 1 rings (SSSR count). The van der Waals surface area contributed by atoms with Gasteiger partial charge in [0, 0.05) is 6.54 Å². The SMILES string of the molecule is COC(=C=CC1CCCCN1C(=O)OC(C)(C)C)O[Si](C)(C)C. The third kappa shape index (κ3) is 7.62. The van der Waals surface area contributed by atoms with Gasteiger partial charge in [-0.25, -0.2) is 4.79 Å². The van der Waals surface area contributed by atoms with Crippen LogP contribution in [0.25, 0.3) is 0 Å². The molecular weight excluding hydrogens is 310 g/mol. The van der Waals surface area contributed by atoms with Gasteiger partial charge in [0.05, 0.1) is 13.2 Å². The van der Waals surface area contributed by atoms with Crippen molar-refractivity contribution in [3.05, 3.63) is 17.8 Å². The highest BCUT2D eigenvalue weighted by atomic mass is 28.4. The van der Waals surface area contributed by atoms with Crippen LogP contribution in [0, 0.1) is 0 Å². The van der Waals surface area contributed by atoms with E-state index >= 15 is 0 Å². The molecular formula is C17H31NO4Si. The van der Waals surface area contributed by atoms with Crippen molar-refractivity contribution in [2.75, 3.05) is 13.7 Å². The minimum absolute atomic E-state index is 0.0333. The first kappa shape index (κ1) is 19.7. The molecule has 1 saturated heterocycles. The number of rotatable bonds is 4. The van der Waals surface area contributed by atoms with Crippen molar-refractivity contribution >= 4 is 14.4 Å². The van der Waals surface area contributed by atoms with Crippen molar-refractivity contribution in [1.82, 2.24) is 4.90 Å². The molecule has 0 aromatic rings. The maximum Gasteiger partial charge on any atom is 0.410 e. The molecule has 132 valence electrons. The standard InChI is InChI=1S/C17H31NO4Si/c1-17(2,3)21-16(19)18-13-9-8-10-14(18)11-12-15(20-4)22-23(5,6)7/h11,14H,8-10,13H2,1-7H3. The molecule has 1 heterocycles. The minimum atomic E-state index is -1.75. The predicted molar refractivity (Wildman–Crippen MR) is 93.6 cm³/mol. The maximum absolute atomic E-state index is 12.4. The highest BCUT2D eigenvalue weighted by Crippen LogP contribution is 2.21. The van der Waals surface area contributed by atoms with E-state index in [1.54, 1.807) is 12.0 Å². The Morgan fingerprint density at radius 3 is 2.43 bits per heavy atom. The molecule has 1 amide bonds. The summed E-state index contributed by atoms with van der Waals surface area (Å²) in [6.45, 7) is 12.6. The normalized spacial score (nSPS) is 18.7. The fourth-order valence-electron chi connectivity index (χ4n) is 2.25. The van der Waals surface area contributed by atoms with E-state index in [9.17, 15) is 4.79 Å². The Hall–Kier alpha value is -1.39. The molecule has 0 aromatic heterocycles. The molecule has 0 N–H and O–H groups in total. The number of likely N-dealkylation sites (tertiary alicyclic amines) is 1. The fraction of sp³-hybridized carbons (Fsp3) is 0.765. The van der Waals surface area contributed by atoms with Crippen LogP contribution in [0.15, 0.2) is 17.8 Å². The summed E-state index contributed by atoms with van der Waals surface area (Å²) in [5.41, 5.74) is 2.59. The summed E-state index contributed by atoms with van der Waals surface area (Å²) in [5, 5.41) is 0. The van der Waals surface area contributed by atoms with Crippen molar-refractivity contribution in [3.63, 3.8) is 0 Å². The molecule has 1 unspecified atom stereocenters. The minimum Gasteiger partial charge on any atom is -0.514 e. The van der Waals surface area contributed by atoms with Crippen molar-refractivity contribution in [2.45, 2.75) is 71.3 Å². The second-order valence-corrected chi connectivity index (χ2v) is 12.2. The average molecular weight is 342 g/mol. The first-order valence-corrected chi connectivity index (χ1v) is 11.6. The third-order valence-corrected chi connectivity index (χ3v) is 3.95. The molecule has 5 nitrogen and oxygen atoms in total. The van der Waals surface area contributed by atoms with E-state index in [4.69, 9.17) is 13.9 Å². The Bertz CT molecular complexity index is 470. The molecule has 0 saturated carbocycles. The quantitative estimate of drug-likeness (QED) is 0.435. The number of methoxy groups -OCH3 is 1. The van der Waals surface area contributed by atoms with Crippen molar-refractivity contribution < 1.29 is 18.7 Å². The topological polar surface area (TPSA) is 48.0 Å². The van der Waals surface area contributed by atoms with E-state index in [0.29, 0.717) is 12.5 Å². The highest BCUT2D eigenvalue weighted by molar-refractivity contribution is 6.69. The van der Waals surface area contributed by atoms with Gasteiger partial charge in [0.2, 0.25) is 8.32 Å². The lowest BCUT2D eigenvalue weighted by molar-refractivity contribution is 0.0149. The monoisotopic (exact) mass is 341 g/mol. The molecule has 1 aliphatic rings. The van der Waals surface area contributed by atoms with Gasteiger partial charge in [-0.1, -0.05) is 0 Å². The van der Waals surface area contributed by atoms with Gasteiger partial charge in [-0.05, 0) is 71.5 Å². The van der Waals surface area contributed by atoms with Gasteiger partial charge < -0.3 is 18.8 Å². The lowest BCUT2D eigenvalue weighted by atomic mass is 10.0. The van der Waals surface area contributed by atoms with Crippen LogP contribution in [0.5, 0.6) is 0 Å². The van der Waals surface area contributed by atoms with Crippen LogP contribution in [0.1, 0.15) is 40.0 Å². The van der Waals surface area contributed by atoms with E-state index in [1.165, 1.54) is 0 Å². The van der Waals surface area contributed by atoms with E-state index in [1.807, 2.05) is 26.8 Å². The number of amides is 1. The zero-order chi connectivity index (χ0) is 17.7. The molecule has 0 aliphatic carbocycles. The second-order valence-electron chi connectivity index (χ2n) is 7.75. The molecule has 1 fully saturated rings. The van der Waals surface area contributed by atoms with Gasteiger partial charge in [-0.2, -0.15) is 0 Å². The van der Waals surface area contributed by atoms with Crippen molar-refractivity contribution in [3.8, 4) is 0 Å². The Balaban J connectivity index is 2.89. The van der Waals surface area contributed by atoms with Crippen LogP contribution >= 0.6 is 0 Å². The van der Waals surface area contributed by atoms with Gasteiger partial charge in [0.15, 0.2) is 0 Å². The average Bonchev–Trinajstić information content (AvgIpc) is 2.40. The zero-order valence-electron chi connectivity index (χ0n) is 15.6. The summed E-state index contributed by atoms with van der Waals surface area (Å²) in [7, 11) is -0.176. The number of carbonyl (C=O) groups is 1. The first-order chi connectivity index (χ1) is 10.5. The highest BCUT2D eigenvalue weighted by Gasteiger charge is 2.29. The Kier molecular flexibility index (Phi) is 6.78. The zero-order valence-corrected chi connectivity index (χ0v) is 16.6. The number of piperidine rings is 1. The van der Waals surface area contributed by atoms with Gasteiger partial charge in [0.1, 0.15) is 5.60 Å². The Morgan fingerprint density at radius 1 is 1.26 bits per heavy atom. The lowest BCUT2D eigenvalue weighted by Gasteiger charge is -2.34. The van der Waals surface area contributed by atoms with Crippen LogP contribution in [0.3, 0.4) is 0 Å². The van der Waals surface area contributed by atoms with Gasteiger partial charge in [-0.15, -0.1) is 0 Å². The van der Waals surface area contributed by atoms with Gasteiger partial charge in [0.25, 0.3) is 0 Å². The number of carbonyl (C=O) groups excluding carboxylic acids is 1. The van der Waals surface area contributed by atoms with Crippen molar-refractivity contribution in [2.24, 2.45) is 0 Å². The number of ether oxygens (including phenoxy) is 2. The summed E-state index contributed by atoms with van der Waals surface area (Å²) < 4.78 is 16.6. The molecule has 6 heteroatoms. The first-order valence-electron chi connectivity index (χ1n) is 8.21. The van der Waals surface area contributed by atoms with E-state index in [0.717, 1.165) is 19.3 Å².